The van der Waals surface area contributed by atoms with Crippen LogP contribution in [0.2, 0.25) is 0 Å². The van der Waals surface area contributed by atoms with E-state index in [-0.39, 0.29) is 29.2 Å². The smallest absolute Gasteiger partial charge is 0.270 e. The van der Waals surface area contributed by atoms with Crippen LogP contribution in [0.4, 0.5) is 10.1 Å². The van der Waals surface area contributed by atoms with Crippen LogP contribution in [0.15, 0.2) is 35.3 Å². The molecule has 35 heavy (non-hydrogen) atoms. The molecule has 0 aromatic carbocycles. The van der Waals surface area contributed by atoms with E-state index in [2.05, 4.69) is 30.1 Å². The van der Waals surface area contributed by atoms with Crippen LogP contribution in [-0.4, -0.2) is 57.0 Å². The Morgan fingerprint density at radius 1 is 1.17 bits per heavy atom. The molecule has 0 bridgehead atoms. The number of hydrogen-bond donors (Lipinski definition) is 2. The Kier molecular flexibility index (Phi) is 5.51. The number of H-pyrrole nitrogens is 1. The van der Waals surface area contributed by atoms with E-state index in [1.807, 2.05) is 25.3 Å². The minimum Gasteiger partial charge on any atom is -0.362 e. The molecule has 6 rings (SSSR count). The number of fused-ring (bicyclic) bond motifs is 2. The first-order valence-corrected chi connectivity index (χ1v) is 12.5. The molecule has 1 saturated heterocycles. The minimum atomic E-state index is -0.582. The Morgan fingerprint density at radius 2 is 2.00 bits per heavy atom. The first kappa shape index (κ1) is 22.2. The average molecular weight is 477 g/mol. The molecular weight excluding hydrogens is 447 g/mol. The number of rotatable bonds is 6. The summed E-state index contributed by atoms with van der Waals surface area (Å²) in [5.74, 6) is -0.887. The van der Waals surface area contributed by atoms with Gasteiger partial charge < -0.3 is 15.2 Å². The summed E-state index contributed by atoms with van der Waals surface area (Å²) in [4.78, 5) is 40.5. The highest BCUT2D eigenvalue weighted by Crippen LogP contribution is 2.38. The molecule has 3 aromatic heterocycles. The van der Waals surface area contributed by atoms with Crippen LogP contribution in [0.3, 0.4) is 0 Å². The quantitative estimate of drug-likeness (QED) is 0.532. The normalized spacial score (nSPS) is 22.1. The van der Waals surface area contributed by atoms with Crippen LogP contribution in [0.1, 0.15) is 54.2 Å². The van der Waals surface area contributed by atoms with Crippen molar-refractivity contribution in [3.63, 3.8) is 0 Å². The topological polar surface area (TPSA) is 94.2 Å². The molecule has 2 N–H and O–H groups in total. The fraction of sp³-hybridized carbons (Fsp3) is 0.462. The number of nitrogens with zero attached hydrogens (tertiary/aromatic N) is 4. The van der Waals surface area contributed by atoms with E-state index in [9.17, 15) is 14.0 Å². The summed E-state index contributed by atoms with van der Waals surface area (Å²) in [6, 6.07) is 7.94. The van der Waals surface area contributed by atoms with Gasteiger partial charge in [-0.05, 0) is 61.9 Å². The maximum Gasteiger partial charge on any atom is 0.270 e. The standard InChI is InChI=1S/C26H29FN6O2/c1-2-16-12-19-20(31-25(16)34)11-15(13-28-19)14-32-9-10-33(22-8-7-21(22)32)23-6-5-18(30-24(23)27)26(35)29-17-3-4-17/h5-6,11-13,17,21-22H,2-4,7-10,14H2,1H3,(H,29,35)(H,31,34)/t21-,22+/m0/s1. The van der Waals surface area contributed by atoms with Crippen LogP contribution >= 0.6 is 0 Å². The molecular formula is C26H29FN6O2. The van der Waals surface area contributed by atoms with Crippen molar-refractivity contribution in [2.75, 3.05) is 18.0 Å². The molecule has 1 aliphatic heterocycles. The molecule has 0 spiro atoms. The third-order valence-electron chi connectivity index (χ3n) is 7.58. The Balaban J connectivity index is 1.16. The van der Waals surface area contributed by atoms with Crippen molar-refractivity contribution in [1.82, 2.24) is 25.2 Å². The molecule has 2 atom stereocenters. The van der Waals surface area contributed by atoms with E-state index in [4.69, 9.17) is 0 Å². The van der Waals surface area contributed by atoms with E-state index in [0.717, 1.165) is 60.9 Å². The predicted molar refractivity (Wildman–Crippen MR) is 131 cm³/mol. The molecule has 2 saturated carbocycles. The lowest BCUT2D eigenvalue weighted by atomic mass is 9.81. The fourth-order valence-corrected chi connectivity index (χ4v) is 5.32. The van der Waals surface area contributed by atoms with Crippen molar-refractivity contribution in [2.24, 2.45) is 0 Å². The summed E-state index contributed by atoms with van der Waals surface area (Å²) >= 11 is 0. The summed E-state index contributed by atoms with van der Waals surface area (Å²) in [6.07, 6.45) is 6.56. The number of aromatic nitrogens is 3. The van der Waals surface area contributed by atoms with Crippen LogP contribution in [0.5, 0.6) is 0 Å². The van der Waals surface area contributed by atoms with Crippen LogP contribution in [0.25, 0.3) is 11.0 Å². The van der Waals surface area contributed by atoms with Crippen molar-refractivity contribution in [2.45, 2.75) is 63.7 Å². The van der Waals surface area contributed by atoms with E-state index >= 15 is 0 Å². The average Bonchev–Trinajstić information content (AvgIpc) is 3.63. The fourth-order valence-electron chi connectivity index (χ4n) is 5.32. The van der Waals surface area contributed by atoms with E-state index in [0.29, 0.717) is 24.7 Å². The molecule has 3 fully saturated rings. The van der Waals surface area contributed by atoms with Crippen molar-refractivity contribution in [1.29, 1.82) is 0 Å². The van der Waals surface area contributed by atoms with Gasteiger partial charge >= 0.3 is 0 Å². The molecule has 8 nitrogen and oxygen atoms in total. The number of anilines is 1. The SMILES string of the molecule is CCc1cc2ncc(CN3CCN(c4ccc(C(=O)NC5CC5)nc4F)[C@@H]4CC[C@@H]43)cc2[nH]c1=O. The first-order chi connectivity index (χ1) is 17.0. The van der Waals surface area contributed by atoms with Crippen molar-refractivity contribution in [3.05, 3.63) is 63.6 Å². The molecule has 1 amide bonds. The third-order valence-corrected chi connectivity index (χ3v) is 7.58. The van der Waals surface area contributed by atoms with Gasteiger partial charge in [0.15, 0.2) is 0 Å². The summed E-state index contributed by atoms with van der Waals surface area (Å²) in [7, 11) is 0. The summed E-state index contributed by atoms with van der Waals surface area (Å²) in [6.45, 7) is 4.16. The number of halogens is 1. The van der Waals surface area contributed by atoms with Crippen molar-refractivity contribution < 1.29 is 9.18 Å². The largest absolute Gasteiger partial charge is 0.362 e. The molecule has 0 radical (unpaired) electrons. The van der Waals surface area contributed by atoms with Gasteiger partial charge in [-0.25, -0.2) is 4.98 Å². The highest BCUT2D eigenvalue weighted by molar-refractivity contribution is 5.92. The number of carbonyl (C=O) groups is 1. The molecule has 182 valence electrons. The zero-order chi connectivity index (χ0) is 24.1. The molecule has 0 unspecified atom stereocenters. The van der Waals surface area contributed by atoms with Gasteiger partial charge in [0.1, 0.15) is 5.69 Å². The number of aryl methyl sites for hydroxylation is 1. The molecule has 2 aliphatic carbocycles. The number of aromatic amines is 1. The molecule has 9 heteroatoms. The molecule has 3 aliphatic rings. The van der Waals surface area contributed by atoms with Gasteiger partial charge in [0.2, 0.25) is 5.95 Å². The van der Waals surface area contributed by atoms with Crippen LogP contribution in [0, 0.1) is 5.95 Å². The van der Waals surface area contributed by atoms with Crippen LogP contribution < -0.4 is 15.8 Å². The second kappa shape index (κ2) is 8.71. The van der Waals surface area contributed by atoms with Crippen molar-refractivity contribution >= 4 is 22.6 Å². The van der Waals surface area contributed by atoms with E-state index < -0.39 is 5.95 Å². The Bertz CT molecular complexity index is 1350. The second-order valence-electron chi connectivity index (χ2n) is 9.88. The number of carbonyl (C=O) groups excluding carboxylic acids is 1. The zero-order valence-electron chi connectivity index (χ0n) is 19.8. The summed E-state index contributed by atoms with van der Waals surface area (Å²) in [5, 5.41) is 2.86. The molecule has 3 aromatic rings. The Labute approximate surface area is 202 Å². The highest BCUT2D eigenvalue weighted by Gasteiger charge is 2.43. The van der Waals surface area contributed by atoms with Gasteiger partial charge in [-0.2, -0.15) is 4.39 Å². The monoisotopic (exact) mass is 476 g/mol. The predicted octanol–water partition coefficient (Wildman–Crippen LogP) is 2.77. The summed E-state index contributed by atoms with van der Waals surface area (Å²) < 4.78 is 15.0. The Morgan fingerprint density at radius 3 is 2.71 bits per heavy atom. The van der Waals surface area contributed by atoms with Gasteiger partial charge in [-0.1, -0.05) is 6.92 Å². The van der Waals surface area contributed by atoms with Gasteiger partial charge in [0, 0.05) is 49.5 Å². The number of pyridine rings is 3. The second-order valence-corrected chi connectivity index (χ2v) is 9.88. The first-order valence-electron chi connectivity index (χ1n) is 12.5. The van der Waals surface area contributed by atoms with Crippen LogP contribution in [-0.2, 0) is 13.0 Å². The Hall–Kier alpha value is -3.33. The maximum atomic E-state index is 15.0. The summed E-state index contributed by atoms with van der Waals surface area (Å²) in [5.41, 5.74) is 3.90. The maximum absolute atomic E-state index is 15.0. The lowest BCUT2D eigenvalue weighted by Gasteiger charge is -2.54. The lowest BCUT2D eigenvalue weighted by molar-refractivity contribution is 0.0654. The van der Waals surface area contributed by atoms with Crippen molar-refractivity contribution in [3.8, 4) is 0 Å². The third kappa shape index (κ3) is 4.18. The highest BCUT2D eigenvalue weighted by atomic mass is 19.1. The van der Waals surface area contributed by atoms with Gasteiger partial charge in [-0.3, -0.25) is 19.5 Å². The number of piperazine rings is 1. The van der Waals surface area contributed by atoms with Gasteiger partial charge in [0.05, 0.1) is 16.7 Å². The number of hydrogen-bond acceptors (Lipinski definition) is 6. The molecule has 4 heterocycles. The number of amides is 1. The lowest BCUT2D eigenvalue weighted by Crippen LogP contribution is -2.64. The van der Waals surface area contributed by atoms with Gasteiger partial charge in [-0.15, -0.1) is 0 Å². The minimum absolute atomic E-state index is 0.0571. The zero-order valence-corrected chi connectivity index (χ0v) is 19.8. The van der Waals surface area contributed by atoms with E-state index in [1.165, 1.54) is 0 Å². The number of nitrogens with one attached hydrogen (secondary N) is 2. The van der Waals surface area contributed by atoms with E-state index in [1.54, 1.807) is 12.1 Å². The van der Waals surface area contributed by atoms with Gasteiger partial charge in [0.25, 0.3) is 11.5 Å².